The van der Waals surface area contributed by atoms with Crippen molar-refractivity contribution in [2.45, 2.75) is 6.54 Å². The summed E-state index contributed by atoms with van der Waals surface area (Å²) < 4.78 is 10.3. The van der Waals surface area contributed by atoms with E-state index in [4.69, 9.17) is 8.83 Å². The van der Waals surface area contributed by atoms with Crippen molar-refractivity contribution in [1.29, 1.82) is 0 Å². The topological polar surface area (TPSA) is 41.9 Å². The van der Waals surface area contributed by atoms with Gasteiger partial charge in [-0.15, -0.1) is 0 Å². The molecule has 0 N–H and O–H groups in total. The Balaban J connectivity index is 1.77. The van der Waals surface area contributed by atoms with Crippen molar-refractivity contribution in [2.24, 2.45) is 5.10 Å². The SMILES string of the molecule is C(=N\N1Cc2occc21)/c1ccco1. The fraction of sp³-hybridized carbons (Fsp3) is 0.100. The standard InChI is InChI=1S/C10H8N2O2/c1-2-8(13-4-1)6-11-12-7-10-9(12)3-5-14-10/h1-6H,7H2/b11-6+. The van der Waals surface area contributed by atoms with Crippen LogP contribution in [-0.4, -0.2) is 6.21 Å². The Bertz CT molecular complexity index is 456. The molecule has 4 heteroatoms. The van der Waals surface area contributed by atoms with Gasteiger partial charge in [0.1, 0.15) is 23.8 Å². The maximum Gasteiger partial charge on any atom is 0.150 e. The van der Waals surface area contributed by atoms with Crippen LogP contribution in [0.2, 0.25) is 0 Å². The van der Waals surface area contributed by atoms with E-state index in [2.05, 4.69) is 5.10 Å². The Labute approximate surface area is 80.4 Å². The maximum absolute atomic E-state index is 5.18. The van der Waals surface area contributed by atoms with E-state index in [0.29, 0.717) is 0 Å². The second-order valence-electron chi connectivity index (χ2n) is 3.05. The van der Waals surface area contributed by atoms with Gasteiger partial charge in [-0.2, -0.15) is 5.10 Å². The number of furan rings is 2. The highest BCUT2D eigenvalue weighted by Crippen LogP contribution is 2.33. The van der Waals surface area contributed by atoms with Crippen molar-refractivity contribution in [3.8, 4) is 0 Å². The zero-order chi connectivity index (χ0) is 9.38. The molecule has 0 saturated heterocycles. The van der Waals surface area contributed by atoms with Gasteiger partial charge in [0.2, 0.25) is 0 Å². The predicted molar refractivity (Wildman–Crippen MR) is 51.2 cm³/mol. The van der Waals surface area contributed by atoms with E-state index in [0.717, 1.165) is 23.8 Å². The van der Waals surface area contributed by atoms with Crippen molar-refractivity contribution in [1.82, 2.24) is 0 Å². The van der Waals surface area contributed by atoms with Crippen LogP contribution in [0.15, 0.2) is 44.7 Å². The van der Waals surface area contributed by atoms with Crippen LogP contribution in [0.25, 0.3) is 0 Å². The zero-order valence-corrected chi connectivity index (χ0v) is 7.38. The summed E-state index contributed by atoms with van der Waals surface area (Å²) >= 11 is 0. The van der Waals surface area contributed by atoms with Crippen LogP contribution in [-0.2, 0) is 6.54 Å². The van der Waals surface area contributed by atoms with Crippen LogP contribution in [0.4, 0.5) is 5.69 Å². The monoisotopic (exact) mass is 188 g/mol. The number of anilines is 1. The minimum Gasteiger partial charge on any atom is -0.465 e. The highest BCUT2D eigenvalue weighted by atomic mass is 16.3. The Hall–Kier alpha value is -1.97. The average Bonchev–Trinajstić information content (AvgIpc) is 2.76. The lowest BCUT2D eigenvalue weighted by Gasteiger charge is -2.25. The predicted octanol–water partition coefficient (Wildman–Crippen LogP) is 2.23. The molecule has 14 heavy (non-hydrogen) atoms. The normalized spacial score (nSPS) is 14.4. The van der Waals surface area contributed by atoms with Gasteiger partial charge in [-0.25, -0.2) is 0 Å². The van der Waals surface area contributed by atoms with Gasteiger partial charge in [0.15, 0.2) is 0 Å². The third kappa shape index (κ3) is 1.04. The van der Waals surface area contributed by atoms with Crippen LogP contribution < -0.4 is 5.01 Å². The van der Waals surface area contributed by atoms with E-state index >= 15 is 0 Å². The molecule has 1 aliphatic heterocycles. The van der Waals surface area contributed by atoms with Gasteiger partial charge in [0, 0.05) is 6.07 Å². The van der Waals surface area contributed by atoms with E-state index in [9.17, 15) is 0 Å². The summed E-state index contributed by atoms with van der Waals surface area (Å²) in [5.74, 6) is 1.74. The molecule has 0 aliphatic carbocycles. The van der Waals surface area contributed by atoms with Crippen LogP contribution in [0.5, 0.6) is 0 Å². The molecular formula is C10H8N2O2. The fourth-order valence-electron chi connectivity index (χ4n) is 1.41. The van der Waals surface area contributed by atoms with E-state index in [1.54, 1.807) is 18.7 Å². The highest BCUT2D eigenvalue weighted by molar-refractivity contribution is 5.77. The van der Waals surface area contributed by atoms with Crippen LogP contribution in [0.1, 0.15) is 11.5 Å². The van der Waals surface area contributed by atoms with E-state index < -0.39 is 0 Å². The Morgan fingerprint density at radius 3 is 3.07 bits per heavy atom. The molecule has 4 nitrogen and oxygen atoms in total. The van der Waals surface area contributed by atoms with Gasteiger partial charge in [-0.3, -0.25) is 5.01 Å². The molecule has 2 aromatic rings. The van der Waals surface area contributed by atoms with Crippen molar-refractivity contribution in [3.05, 3.63) is 42.2 Å². The number of hydrogen-bond acceptors (Lipinski definition) is 4. The lowest BCUT2D eigenvalue weighted by atomic mass is 10.2. The zero-order valence-electron chi connectivity index (χ0n) is 7.38. The minimum absolute atomic E-state index is 0.736. The molecule has 0 fully saturated rings. The summed E-state index contributed by atoms with van der Waals surface area (Å²) in [7, 11) is 0. The Morgan fingerprint density at radius 2 is 2.29 bits per heavy atom. The molecule has 0 saturated carbocycles. The molecular weight excluding hydrogens is 180 g/mol. The van der Waals surface area contributed by atoms with E-state index in [-0.39, 0.29) is 0 Å². The number of rotatable bonds is 2. The molecule has 0 aromatic carbocycles. The molecule has 0 bridgehead atoms. The molecule has 1 aliphatic rings. The summed E-state index contributed by atoms with van der Waals surface area (Å²) in [5.41, 5.74) is 1.04. The summed E-state index contributed by atoms with van der Waals surface area (Å²) in [6, 6.07) is 5.60. The van der Waals surface area contributed by atoms with Crippen LogP contribution >= 0.6 is 0 Å². The lowest BCUT2D eigenvalue weighted by Crippen LogP contribution is -2.25. The second kappa shape index (κ2) is 2.77. The summed E-state index contributed by atoms with van der Waals surface area (Å²) in [4.78, 5) is 0. The fourth-order valence-corrected chi connectivity index (χ4v) is 1.41. The summed E-state index contributed by atoms with van der Waals surface area (Å²) in [5, 5.41) is 6.10. The van der Waals surface area contributed by atoms with E-state index in [1.165, 1.54) is 0 Å². The van der Waals surface area contributed by atoms with Gasteiger partial charge in [-0.05, 0) is 12.1 Å². The third-order valence-electron chi connectivity index (χ3n) is 2.16. The largest absolute Gasteiger partial charge is 0.465 e. The molecule has 3 rings (SSSR count). The van der Waals surface area contributed by atoms with Gasteiger partial charge in [0.25, 0.3) is 0 Å². The van der Waals surface area contributed by atoms with Gasteiger partial charge in [-0.1, -0.05) is 0 Å². The van der Waals surface area contributed by atoms with Crippen LogP contribution in [0, 0.1) is 0 Å². The number of hydrazone groups is 1. The van der Waals surface area contributed by atoms with Gasteiger partial charge in [0.05, 0.1) is 18.7 Å². The Kier molecular flexibility index (Phi) is 1.47. The van der Waals surface area contributed by atoms with Crippen molar-refractivity contribution in [3.63, 3.8) is 0 Å². The minimum atomic E-state index is 0.736. The average molecular weight is 188 g/mol. The molecule has 3 heterocycles. The van der Waals surface area contributed by atoms with E-state index in [1.807, 2.05) is 23.2 Å². The van der Waals surface area contributed by atoms with Crippen LogP contribution in [0.3, 0.4) is 0 Å². The molecule has 0 radical (unpaired) electrons. The molecule has 2 aromatic heterocycles. The van der Waals surface area contributed by atoms with Gasteiger partial charge >= 0.3 is 0 Å². The summed E-state index contributed by atoms with van der Waals surface area (Å²) in [6.45, 7) is 0.736. The molecule has 0 unspecified atom stereocenters. The highest BCUT2D eigenvalue weighted by Gasteiger charge is 2.24. The first-order chi connectivity index (χ1) is 6.93. The number of hydrogen-bond donors (Lipinski definition) is 0. The molecule has 0 spiro atoms. The molecule has 0 atom stereocenters. The number of nitrogens with zero attached hydrogens (tertiary/aromatic N) is 2. The smallest absolute Gasteiger partial charge is 0.150 e. The first-order valence-electron chi connectivity index (χ1n) is 4.35. The van der Waals surface area contributed by atoms with Crippen molar-refractivity contribution in [2.75, 3.05) is 5.01 Å². The molecule has 0 amide bonds. The number of fused-ring (bicyclic) bond motifs is 1. The van der Waals surface area contributed by atoms with Gasteiger partial charge < -0.3 is 8.83 Å². The quantitative estimate of drug-likeness (QED) is 0.678. The first kappa shape index (κ1) is 7.44. The first-order valence-corrected chi connectivity index (χ1v) is 4.35. The van der Waals surface area contributed by atoms with Crippen molar-refractivity contribution < 1.29 is 8.83 Å². The third-order valence-corrected chi connectivity index (χ3v) is 2.16. The van der Waals surface area contributed by atoms with Crippen molar-refractivity contribution >= 4 is 11.9 Å². The Morgan fingerprint density at radius 1 is 1.29 bits per heavy atom. The second-order valence-corrected chi connectivity index (χ2v) is 3.05. The lowest BCUT2D eigenvalue weighted by molar-refractivity contribution is 0.480. The molecule has 70 valence electrons. The summed E-state index contributed by atoms with van der Waals surface area (Å²) in [6.07, 6.45) is 4.99. The maximum atomic E-state index is 5.18.